The van der Waals surface area contributed by atoms with Crippen LogP contribution in [0.25, 0.3) is 0 Å². The highest BCUT2D eigenvalue weighted by Crippen LogP contribution is 2.33. The van der Waals surface area contributed by atoms with Crippen LogP contribution in [0.5, 0.6) is 0 Å². The van der Waals surface area contributed by atoms with Gasteiger partial charge in [-0.05, 0) is 43.4 Å². The molecule has 152 valence electrons. The lowest BCUT2D eigenvalue weighted by Crippen LogP contribution is -2.51. The monoisotopic (exact) mass is 396 g/mol. The number of carbonyl (C=O) groups excluding carboxylic acids is 1. The first kappa shape index (κ1) is 22.3. The molecule has 1 heterocycles. The SMILES string of the molecule is CCCCCCCCc1ccc(N2CCC(N)(COP(O)O)C2=O)c(C)c1. The molecule has 1 aliphatic heterocycles. The number of benzene rings is 1. The van der Waals surface area contributed by atoms with Crippen LogP contribution in [0.15, 0.2) is 18.2 Å². The van der Waals surface area contributed by atoms with E-state index in [1.807, 2.05) is 13.0 Å². The summed E-state index contributed by atoms with van der Waals surface area (Å²) in [6, 6.07) is 6.25. The van der Waals surface area contributed by atoms with Gasteiger partial charge in [0.05, 0.1) is 6.61 Å². The highest BCUT2D eigenvalue weighted by atomic mass is 31.2. The second-order valence-electron chi connectivity index (χ2n) is 7.53. The first-order chi connectivity index (χ1) is 12.9. The number of aryl methyl sites for hydroxylation is 2. The van der Waals surface area contributed by atoms with Gasteiger partial charge < -0.3 is 24.9 Å². The van der Waals surface area contributed by atoms with E-state index < -0.39 is 14.1 Å². The molecule has 2 rings (SSSR count). The summed E-state index contributed by atoms with van der Waals surface area (Å²) < 4.78 is 4.82. The Labute approximate surface area is 163 Å². The Morgan fingerprint density at radius 3 is 2.59 bits per heavy atom. The van der Waals surface area contributed by atoms with Crippen molar-refractivity contribution in [2.45, 2.75) is 70.8 Å². The molecule has 0 saturated carbocycles. The number of anilines is 1. The van der Waals surface area contributed by atoms with Gasteiger partial charge in [0.2, 0.25) is 5.91 Å². The lowest BCUT2D eigenvalue weighted by atomic mass is 10.0. The molecule has 1 amide bonds. The van der Waals surface area contributed by atoms with E-state index in [4.69, 9.17) is 20.0 Å². The van der Waals surface area contributed by atoms with Crippen LogP contribution in [0.3, 0.4) is 0 Å². The average molecular weight is 396 g/mol. The Balaban J connectivity index is 1.92. The summed E-state index contributed by atoms with van der Waals surface area (Å²) in [5.41, 5.74) is 8.17. The number of amides is 1. The Kier molecular flexibility index (Phi) is 8.64. The molecule has 1 unspecified atom stereocenters. The van der Waals surface area contributed by atoms with Crippen LogP contribution < -0.4 is 10.6 Å². The first-order valence-corrected chi connectivity index (χ1v) is 11.0. The average Bonchev–Trinajstić information content (AvgIpc) is 2.92. The number of carbonyl (C=O) groups is 1. The van der Waals surface area contributed by atoms with Crippen LogP contribution in [0.2, 0.25) is 0 Å². The number of hydrogen-bond donors (Lipinski definition) is 3. The lowest BCUT2D eigenvalue weighted by molar-refractivity contribution is -0.122. The van der Waals surface area contributed by atoms with E-state index in [0.717, 1.165) is 17.7 Å². The van der Waals surface area contributed by atoms with E-state index in [2.05, 4.69) is 19.1 Å². The van der Waals surface area contributed by atoms with Crippen molar-refractivity contribution in [1.29, 1.82) is 0 Å². The van der Waals surface area contributed by atoms with Gasteiger partial charge in [-0.2, -0.15) is 0 Å². The molecule has 0 aliphatic carbocycles. The highest BCUT2D eigenvalue weighted by Gasteiger charge is 2.45. The quantitative estimate of drug-likeness (QED) is 0.393. The normalized spacial score (nSPS) is 20.1. The summed E-state index contributed by atoms with van der Waals surface area (Å²) in [5, 5.41) is 0. The van der Waals surface area contributed by atoms with Crippen molar-refractivity contribution in [2.75, 3.05) is 18.1 Å². The van der Waals surface area contributed by atoms with E-state index in [-0.39, 0.29) is 12.5 Å². The van der Waals surface area contributed by atoms with Gasteiger partial charge in [-0.1, -0.05) is 51.2 Å². The number of unbranched alkanes of at least 4 members (excludes halogenated alkanes) is 5. The van der Waals surface area contributed by atoms with Gasteiger partial charge in [-0.25, -0.2) is 0 Å². The molecular weight excluding hydrogens is 363 g/mol. The molecule has 6 nitrogen and oxygen atoms in total. The first-order valence-electron chi connectivity index (χ1n) is 9.88. The second-order valence-corrected chi connectivity index (χ2v) is 8.29. The molecular formula is C20H33N2O4P. The van der Waals surface area contributed by atoms with Gasteiger partial charge >= 0.3 is 8.60 Å². The molecule has 0 radical (unpaired) electrons. The van der Waals surface area contributed by atoms with Gasteiger partial charge in [-0.15, -0.1) is 0 Å². The number of nitrogens with two attached hydrogens (primary N) is 1. The second kappa shape index (κ2) is 10.5. The maximum atomic E-state index is 12.7. The molecule has 0 spiro atoms. The third-order valence-corrected chi connectivity index (χ3v) is 5.62. The van der Waals surface area contributed by atoms with Gasteiger partial charge in [0.15, 0.2) is 0 Å². The fourth-order valence-corrected chi connectivity index (χ4v) is 3.96. The molecule has 27 heavy (non-hydrogen) atoms. The fraction of sp³-hybridized carbons (Fsp3) is 0.650. The molecule has 0 aromatic heterocycles. The van der Waals surface area contributed by atoms with E-state index in [1.165, 1.54) is 44.1 Å². The summed E-state index contributed by atoms with van der Waals surface area (Å²) in [7, 11) is -2.51. The maximum absolute atomic E-state index is 12.7. The zero-order chi connectivity index (χ0) is 19.9. The summed E-state index contributed by atoms with van der Waals surface area (Å²) in [6.07, 6.45) is 9.17. The van der Waals surface area contributed by atoms with Crippen molar-refractivity contribution in [1.82, 2.24) is 0 Å². The van der Waals surface area contributed by atoms with Crippen molar-refractivity contribution >= 4 is 20.2 Å². The zero-order valence-corrected chi connectivity index (χ0v) is 17.4. The van der Waals surface area contributed by atoms with Gasteiger partial charge in [0.25, 0.3) is 0 Å². The minimum atomic E-state index is -2.51. The summed E-state index contributed by atoms with van der Waals surface area (Å²) in [6.45, 7) is 4.57. The number of nitrogens with zero attached hydrogens (tertiary/aromatic N) is 1. The van der Waals surface area contributed by atoms with Crippen LogP contribution >= 0.6 is 8.60 Å². The minimum absolute atomic E-state index is 0.184. The van der Waals surface area contributed by atoms with Gasteiger partial charge in [0.1, 0.15) is 5.54 Å². The number of hydrogen-bond acceptors (Lipinski definition) is 5. The van der Waals surface area contributed by atoms with Gasteiger partial charge in [0, 0.05) is 12.2 Å². The van der Waals surface area contributed by atoms with Crippen LogP contribution in [-0.2, 0) is 15.7 Å². The minimum Gasteiger partial charge on any atom is -0.328 e. The Hall–Kier alpha value is -1.04. The van der Waals surface area contributed by atoms with Crippen molar-refractivity contribution < 1.29 is 19.1 Å². The fourth-order valence-electron chi connectivity index (χ4n) is 3.61. The van der Waals surface area contributed by atoms with Crippen molar-refractivity contribution in [2.24, 2.45) is 5.73 Å². The van der Waals surface area contributed by atoms with E-state index in [9.17, 15) is 4.79 Å². The van der Waals surface area contributed by atoms with Gasteiger partial charge in [-0.3, -0.25) is 4.79 Å². The molecule has 1 atom stereocenters. The zero-order valence-electron chi connectivity index (χ0n) is 16.5. The lowest BCUT2D eigenvalue weighted by Gasteiger charge is -2.24. The maximum Gasteiger partial charge on any atom is 0.327 e. The third kappa shape index (κ3) is 6.23. The Bertz CT molecular complexity index is 626. The van der Waals surface area contributed by atoms with Crippen LogP contribution in [0.4, 0.5) is 5.69 Å². The molecule has 7 heteroatoms. The molecule has 1 saturated heterocycles. The molecule has 4 N–H and O–H groups in total. The topological polar surface area (TPSA) is 96.0 Å². The smallest absolute Gasteiger partial charge is 0.327 e. The Morgan fingerprint density at radius 2 is 1.93 bits per heavy atom. The van der Waals surface area contributed by atoms with Crippen molar-refractivity contribution in [3.05, 3.63) is 29.3 Å². The standard InChI is InChI=1S/C20H33N2O4P/c1-3-4-5-6-7-8-9-17-10-11-18(16(2)14-17)22-13-12-20(21,19(22)23)15-26-27(24)25/h10-11,14,24-25H,3-9,12-13,15,21H2,1-2H3. The summed E-state index contributed by atoms with van der Waals surface area (Å²) in [4.78, 5) is 32.3. The molecule has 1 aliphatic rings. The van der Waals surface area contributed by atoms with Crippen LogP contribution in [-0.4, -0.2) is 34.4 Å². The van der Waals surface area contributed by atoms with E-state index in [0.29, 0.717) is 13.0 Å². The highest BCUT2D eigenvalue weighted by molar-refractivity contribution is 7.39. The molecule has 1 aromatic rings. The predicted octanol–water partition coefficient (Wildman–Crippen LogP) is 3.56. The van der Waals surface area contributed by atoms with Crippen molar-refractivity contribution in [3.63, 3.8) is 0 Å². The molecule has 1 fully saturated rings. The molecule has 0 bridgehead atoms. The predicted molar refractivity (Wildman–Crippen MR) is 109 cm³/mol. The van der Waals surface area contributed by atoms with Crippen LogP contribution in [0, 0.1) is 6.92 Å². The van der Waals surface area contributed by atoms with E-state index in [1.54, 1.807) is 4.90 Å². The summed E-state index contributed by atoms with van der Waals surface area (Å²) >= 11 is 0. The third-order valence-electron chi connectivity index (χ3n) is 5.26. The number of rotatable bonds is 11. The van der Waals surface area contributed by atoms with Crippen LogP contribution in [0.1, 0.15) is 63.0 Å². The van der Waals surface area contributed by atoms with E-state index >= 15 is 0 Å². The Morgan fingerprint density at radius 1 is 1.22 bits per heavy atom. The largest absolute Gasteiger partial charge is 0.328 e. The van der Waals surface area contributed by atoms with Crippen molar-refractivity contribution in [3.8, 4) is 0 Å². The summed E-state index contributed by atoms with van der Waals surface area (Å²) in [5.74, 6) is -0.230. The molecule has 1 aromatic carbocycles.